The highest BCUT2D eigenvalue weighted by Crippen LogP contribution is 2.31. The summed E-state index contributed by atoms with van der Waals surface area (Å²) in [5.74, 6) is 0.124. The zero-order valence-corrected chi connectivity index (χ0v) is 14.9. The molecule has 10 heteroatoms. The van der Waals surface area contributed by atoms with Crippen molar-refractivity contribution in [2.75, 3.05) is 0 Å². The van der Waals surface area contributed by atoms with E-state index in [4.69, 9.17) is 11.6 Å². The number of alkyl halides is 3. The summed E-state index contributed by atoms with van der Waals surface area (Å²) in [4.78, 5) is 5.20. The van der Waals surface area contributed by atoms with Gasteiger partial charge >= 0.3 is 6.36 Å². The summed E-state index contributed by atoms with van der Waals surface area (Å²) in [5.41, 5.74) is 2.12. The average molecular weight is 401 g/mol. The van der Waals surface area contributed by atoms with Gasteiger partial charge in [-0.25, -0.2) is 4.68 Å². The van der Waals surface area contributed by atoms with Crippen LogP contribution in [0.1, 0.15) is 11.4 Å². The molecule has 0 fully saturated rings. The summed E-state index contributed by atoms with van der Waals surface area (Å²) in [6.45, 7) is 1.91. The van der Waals surface area contributed by atoms with Gasteiger partial charge in [0.25, 0.3) is 0 Å². The molecule has 0 saturated heterocycles. The second kappa shape index (κ2) is 7.55. The fraction of sp³-hybridized carbons (Fsp3) is 0.188. The number of rotatable bonds is 5. The van der Waals surface area contributed by atoms with Gasteiger partial charge in [0.05, 0.1) is 22.6 Å². The van der Waals surface area contributed by atoms with Crippen LogP contribution in [0.25, 0.3) is 5.69 Å². The van der Waals surface area contributed by atoms with Crippen LogP contribution >= 0.6 is 23.4 Å². The van der Waals surface area contributed by atoms with Gasteiger partial charge in [-0.05, 0) is 37.3 Å². The van der Waals surface area contributed by atoms with Gasteiger partial charge in [-0.2, -0.15) is 0 Å². The summed E-state index contributed by atoms with van der Waals surface area (Å²) < 4.78 is 42.1. The third kappa shape index (κ3) is 4.89. The van der Waals surface area contributed by atoms with Crippen LogP contribution in [-0.4, -0.2) is 26.3 Å². The maximum atomic E-state index is 12.3. The molecule has 0 spiro atoms. The van der Waals surface area contributed by atoms with Gasteiger partial charge in [-0.15, -0.1) is 30.0 Å². The SMILES string of the molecule is Cc1cc(SCc2cn(-c3ccc(OC(F)(F)F)c(Cl)c3)nn2)ccn1. The summed E-state index contributed by atoms with van der Waals surface area (Å²) in [7, 11) is 0. The lowest BCUT2D eigenvalue weighted by Crippen LogP contribution is -2.17. The molecule has 1 aromatic carbocycles. The van der Waals surface area contributed by atoms with Crippen molar-refractivity contribution in [3.8, 4) is 11.4 Å². The second-order valence-electron chi connectivity index (χ2n) is 5.24. The summed E-state index contributed by atoms with van der Waals surface area (Å²) in [5, 5.41) is 7.88. The Labute approximate surface area is 156 Å². The number of hydrogen-bond acceptors (Lipinski definition) is 5. The fourth-order valence-corrected chi connectivity index (χ4v) is 3.17. The van der Waals surface area contributed by atoms with Crippen LogP contribution in [0, 0.1) is 6.92 Å². The van der Waals surface area contributed by atoms with Crippen molar-refractivity contribution in [3.05, 3.63) is 59.1 Å². The minimum Gasteiger partial charge on any atom is -0.404 e. The van der Waals surface area contributed by atoms with Crippen LogP contribution in [-0.2, 0) is 5.75 Å². The van der Waals surface area contributed by atoms with Gasteiger partial charge in [0.1, 0.15) is 5.75 Å². The predicted molar refractivity (Wildman–Crippen MR) is 91.6 cm³/mol. The number of thioether (sulfide) groups is 1. The first kappa shape index (κ1) is 18.5. The van der Waals surface area contributed by atoms with Gasteiger partial charge in [0, 0.05) is 22.5 Å². The topological polar surface area (TPSA) is 52.8 Å². The number of aryl methyl sites for hydroxylation is 1. The number of benzene rings is 1. The molecule has 2 heterocycles. The normalized spacial score (nSPS) is 11.6. The number of hydrogen-bond donors (Lipinski definition) is 0. The summed E-state index contributed by atoms with van der Waals surface area (Å²) in [6.07, 6.45) is -1.37. The van der Waals surface area contributed by atoms with E-state index in [0.717, 1.165) is 22.3 Å². The van der Waals surface area contributed by atoms with Crippen molar-refractivity contribution >= 4 is 23.4 Å². The molecule has 0 aliphatic heterocycles. The molecule has 0 N–H and O–H groups in total. The smallest absolute Gasteiger partial charge is 0.404 e. The molecular weight excluding hydrogens is 389 g/mol. The molecule has 2 aromatic heterocycles. The monoisotopic (exact) mass is 400 g/mol. The Morgan fingerprint density at radius 3 is 2.73 bits per heavy atom. The molecule has 0 aliphatic carbocycles. The molecule has 136 valence electrons. The molecule has 5 nitrogen and oxygen atoms in total. The predicted octanol–water partition coefficient (Wildman–Crippen LogP) is 4.82. The van der Waals surface area contributed by atoms with Gasteiger partial charge in [0.15, 0.2) is 0 Å². The maximum Gasteiger partial charge on any atom is 0.573 e. The lowest BCUT2D eigenvalue weighted by Gasteiger charge is -2.11. The van der Waals surface area contributed by atoms with Crippen LogP contribution < -0.4 is 4.74 Å². The van der Waals surface area contributed by atoms with Crippen molar-refractivity contribution in [1.82, 2.24) is 20.0 Å². The number of aromatic nitrogens is 4. The Kier molecular flexibility index (Phi) is 5.38. The molecular formula is C16H12ClF3N4OS. The number of nitrogens with zero attached hydrogens (tertiary/aromatic N) is 4. The lowest BCUT2D eigenvalue weighted by atomic mass is 10.3. The van der Waals surface area contributed by atoms with Crippen LogP contribution in [0.15, 0.2) is 47.6 Å². The van der Waals surface area contributed by atoms with Gasteiger partial charge in [-0.3, -0.25) is 4.98 Å². The first-order valence-electron chi connectivity index (χ1n) is 7.32. The maximum absolute atomic E-state index is 12.3. The van der Waals surface area contributed by atoms with E-state index < -0.39 is 12.1 Å². The van der Waals surface area contributed by atoms with Gasteiger partial charge in [0.2, 0.25) is 0 Å². The molecule has 0 amide bonds. The number of halogens is 4. The van der Waals surface area contributed by atoms with Gasteiger partial charge < -0.3 is 4.74 Å². The third-order valence-electron chi connectivity index (χ3n) is 3.20. The zero-order valence-electron chi connectivity index (χ0n) is 13.4. The van der Waals surface area contributed by atoms with Crippen molar-refractivity contribution in [1.29, 1.82) is 0 Å². The standard InChI is InChI=1S/C16H12ClF3N4OS/c1-10-6-13(4-5-21-10)26-9-11-8-24(23-22-11)12-2-3-15(14(17)7-12)25-16(18,19)20/h2-8H,9H2,1H3. The highest BCUT2D eigenvalue weighted by atomic mass is 35.5. The van der Waals surface area contributed by atoms with Crippen LogP contribution in [0.4, 0.5) is 13.2 Å². The minimum atomic E-state index is -4.80. The number of ether oxygens (including phenoxy) is 1. The molecule has 0 bridgehead atoms. The molecule has 26 heavy (non-hydrogen) atoms. The largest absolute Gasteiger partial charge is 0.573 e. The Bertz CT molecular complexity index is 917. The molecule has 0 radical (unpaired) electrons. The molecule has 0 saturated carbocycles. The highest BCUT2D eigenvalue weighted by Gasteiger charge is 2.32. The van der Waals surface area contributed by atoms with Crippen molar-refractivity contribution in [3.63, 3.8) is 0 Å². The van der Waals surface area contributed by atoms with Crippen molar-refractivity contribution in [2.24, 2.45) is 0 Å². The minimum absolute atomic E-state index is 0.168. The second-order valence-corrected chi connectivity index (χ2v) is 6.69. The highest BCUT2D eigenvalue weighted by molar-refractivity contribution is 7.98. The quantitative estimate of drug-likeness (QED) is 0.575. The zero-order chi connectivity index (χ0) is 18.7. The fourth-order valence-electron chi connectivity index (χ4n) is 2.10. The summed E-state index contributed by atoms with van der Waals surface area (Å²) >= 11 is 7.43. The Hall–Kier alpha value is -2.26. The van der Waals surface area contributed by atoms with E-state index in [2.05, 4.69) is 20.0 Å². The molecule has 0 aliphatic rings. The van der Waals surface area contributed by atoms with E-state index in [1.165, 1.54) is 16.8 Å². The molecule has 3 rings (SSSR count). The van der Waals surface area contributed by atoms with E-state index in [1.807, 2.05) is 19.1 Å². The van der Waals surface area contributed by atoms with E-state index >= 15 is 0 Å². The van der Waals surface area contributed by atoms with Crippen LogP contribution in [0.3, 0.4) is 0 Å². The van der Waals surface area contributed by atoms with E-state index in [9.17, 15) is 13.2 Å². The van der Waals surface area contributed by atoms with Crippen LogP contribution in [0.5, 0.6) is 5.75 Å². The Morgan fingerprint density at radius 1 is 1.23 bits per heavy atom. The lowest BCUT2D eigenvalue weighted by molar-refractivity contribution is -0.274. The molecule has 0 atom stereocenters. The van der Waals surface area contributed by atoms with E-state index in [-0.39, 0.29) is 5.02 Å². The average Bonchev–Trinajstić information content (AvgIpc) is 3.03. The first-order chi connectivity index (χ1) is 12.3. The van der Waals surface area contributed by atoms with Crippen LogP contribution in [0.2, 0.25) is 5.02 Å². The molecule has 0 unspecified atom stereocenters. The van der Waals surface area contributed by atoms with E-state index in [0.29, 0.717) is 11.4 Å². The van der Waals surface area contributed by atoms with Crippen molar-refractivity contribution < 1.29 is 17.9 Å². The van der Waals surface area contributed by atoms with E-state index in [1.54, 1.807) is 24.2 Å². The van der Waals surface area contributed by atoms with Crippen molar-refractivity contribution in [2.45, 2.75) is 23.9 Å². The Balaban J connectivity index is 1.70. The molecule has 3 aromatic rings. The Morgan fingerprint density at radius 2 is 2.04 bits per heavy atom. The third-order valence-corrected chi connectivity index (χ3v) is 4.52. The first-order valence-corrected chi connectivity index (χ1v) is 8.69. The van der Waals surface area contributed by atoms with Gasteiger partial charge in [-0.1, -0.05) is 16.8 Å². The number of pyridine rings is 1. The summed E-state index contributed by atoms with van der Waals surface area (Å²) in [6, 6.07) is 7.77.